The average Bonchev–Trinajstić information content (AvgIpc) is 2.42. The third-order valence-corrected chi connectivity index (χ3v) is 2.34. The smallest absolute Gasteiger partial charge is 0.251 e. The fraction of sp³-hybridized carbons (Fsp3) is 0.333. The summed E-state index contributed by atoms with van der Waals surface area (Å²) in [6.45, 7) is 0. The Morgan fingerprint density at radius 3 is 2.50 bits per heavy atom. The van der Waals surface area contributed by atoms with Crippen molar-refractivity contribution in [3.8, 4) is 5.75 Å². The molecule has 0 radical (unpaired) electrons. The van der Waals surface area contributed by atoms with Gasteiger partial charge in [0.15, 0.2) is 0 Å². The van der Waals surface area contributed by atoms with Crippen molar-refractivity contribution in [1.82, 2.24) is 0 Å². The molecule has 6 N–H and O–H groups in total. The molecular formula is C9H10FNO5. The van der Waals surface area contributed by atoms with Gasteiger partial charge in [-0.1, -0.05) is 0 Å². The zero-order valence-corrected chi connectivity index (χ0v) is 7.96. The Morgan fingerprint density at radius 1 is 1.31 bits per heavy atom. The maximum Gasteiger partial charge on any atom is 0.251 e. The number of fused-ring (bicyclic) bond motifs is 1. The van der Waals surface area contributed by atoms with E-state index in [4.69, 9.17) is 10.5 Å². The number of aliphatic hydroxyl groups is 4. The summed E-state index contributed by atoms with van der Waals surface area (Å²) in [5, 5.41) is 37.1. The van der Waals surface area contributed by atoms with E-state index in [1.165, 1.54) is 0 Å². The van der Waals surface area contributed by atoms with Crippen molar-refractivity contribution in [3.05, 3.63) is 29.1 Å². The zero-order valence-electron chi connectivity index (χ0n) is 7.96. The molecule has 7 heteroatoms. The second kappa shape index (κ2) is 3.37. The van der Waals surface area contributed by atoms with Crippen LogP contribution in [0.15, 0.2) is 12.1 Å². The fourth-order valence-electron chi connectivity index (χ4n) is 1.68. The van der Waals surface area contributed by atoms with Gasteiger partial charge in [-0.05, 0) is 12.1 Å². The third-order valence-electron chi connectivity index (χ3n) is 2.34. The summed E-state index contributed by atoms with van der Waals surface area (Å²) in [4.78, 5) is 0. The van der Waals surface area contributed by atoms with Crippen LogP contribution in [0.2, 0.25) is 0 Å². The molecule has 0 fully saturated rings. The van der Waals surface area contributed by atoms with Gasteiger partial charge < -0.3 is 25.2 Å². The second-order valence-electron chi connectivity index (χ2n) is 3.51. The molecule has 0 saturated heterocycles. The van der Waals surface area contributed by atoms with E-state index in [9.17, 15) is 24.8 Å². The molecule has 1 heterocycles. The second-order valence-corrected chi connectivity index (χ2v) is 3.51. The monoisotopic (exact) mass is 231 g/mol. The molecule has 16 heavy (non-hydrogen) atoms. The molecule has 1 aromatic rings. The lowest BCUT2D eigenvalue weighted by Gasteiger charge is -2.20. The molecule has 0 saturated carbocycles. The summed E-state index contributed by atoms with van der Waals surface area (Å²) in [5.74, 6) is -4.01. The fourth-order valence-corrected chi connectivity index (χ4v) is 1.68. The predicted molar refractivity (Wildman–Crippen MR) is 48.3 cm³/mol. The number of ether oxygens (including phenoxy) is 1. The number of hydrogen-bond donors (Lipinski definition) is 5. The van der Waals surface area contributed by atoms with Crippen molar-refractivity contribution in [2.75, 3.05) is 0 Å². The summed E-state index contributed by atoms with van der Waals surface area (Å²) < 4.78 is 18.2. The van der Waals surface area contributed by atoms with E-state index in [-0.39, 0.29) is 11.3 Å². The summed E-state index contributed by atoms with van der Waals surface area (Å²) >= 11 is 0. The van der Waals surface area contributed by atoms with Crippen molar-refractivity contribution in [2.24, 2.45) is 5.73 Å². The lowest BCUT2D eigenvalue weighted by molar-refractivity contribution is -0.167. The molecule has 2 unspecified atom stereocenters. The van der Waals surface area contributed by atoms with E-state index in [0.717, 1.165) is 12.1 Å². The summed E-state index contributed by atoms with van der Waals surface area (Å²) in [7, 11) is 0. The molecule has 1 aromatic carbocycles. The van der Waals surface area contributed by atoms with E-state index in [1.807, 2.05) is 0 Å². The van der Waals surface area contributed by atoms with E-state index < -0.39 is 29.7 Å². The number of rotatable bonds is 1. The van der Waals surface area contributed by atoms with Gasteiger partial charge in [0, 0.05) is 5.56 Å². The van der Waals surface area contributed by atoms with Crippen LogP contribution in [-0.2, 0) is 5.91 Å². The molecule has 88 valence electrons. The molecule has 1 aliphatic rings. The van der Waals surface area contributed by atoms with Crippen molar-refractivity contribution in [1.29, 1.82) is 0 Å². The van der Waals surface area contributed by atoms with Crippen LogP contribution in [0.1, 0.15) is 17.2 Å². The van der Waals surface area contributed by atoms with Crippen molar-refractivity contribution < 1.29 is 29.6 Å². The number of nitrogens with two attached hydrogens (primary N) is 1. The highest BCUT2D eigenvalue weighted by atomic mass is 19.1. The first-order valence-corrected chi connectivity index (χ1v) is 4.41. The Kier molecular flexibility index (Phi) is 2.37. The maximum absolute atomic E-state index is 13.4. The summed E-state index contributed by atoms with van der Waals surface area (Å²) in [5.41, 5.74) is 3.98. The van der Waals surface area contributed by atoms with Gasteiger partial charge in [-0.3, -0.25) is 5.73 Å². The van der Waals surface area contributed by atoms with Gasteiger partial charge in [0.25, 0.3) is 5.91 Å². The first-order chi connectivity index (χ1) is 7.32. The minimum atomic E-state index is -2.95. The predicted octanol–water partition coefficient (Wildman–Crippen LogP) is -1.38. The Hall–Kier alpha value is -1.25. The first kappa shape index (κ1) is 11.2. The van der Waals surface area contributed by atoms with Crippen LogP contribution in [0.3, 0.4) is 0 Å². The topological polar surface area (TPSA) is 116 Å². The normalized spacial score (nSPS) is 24.1. The lowest BCUT2D eigenvalue weighted by Crippen LogP contribution is -2.38. The standard InChI is InChI=1S/C9H10FNO5/c10-3-1-2-4-5(6(3)9(11,14)15)7(12)8(13)16-4/h1-2,7-8,12-15H,11H2. The molecule has 2 atom stereocenters. The van der Waals surface area contributed by atoms with Gasteiger partial charge >= 0.3 is 0 Å². The van der Waals surface area contributed by atoms with Crippen molar-refractivity contribution in [2.45, 2.75) is 18.3 Å². The van der Waals surface area contributed by atoms with Gasteiger partial charge in [-0.25, -0.2) is 4.39 Å². The molecule has 0 aromatic heterocycles. The molecule has 0 aliphatic carbocycles. The molecule has 6 nitrogen and oxygen atoms in total. The minimum absolute atomic E-state index is 0.0469. The number of aliphatic hydroxyl groups excluding tert-OH is 2. The van der Waals surface area contributed by atoms with Crippen molar-refractivity contribution >= 4 is 0 Å². The van der Waals surface area contributed by atoms with Crippen molar-refractivity contribution in [3.63, 3.8) is 0 Å². The van der Waals surface area contributed by atoms with Crippen LogP contribution >= 0.6 is 0 Å². The van der Waals surface area contributed by atoms with Crippen LogP contribution in [-0.4, -0.2) is 26.7 Å². The Morgan fingerprint density at radius 2 is 1.94 bits per heavy atom. The summed E-state index contributed by atoms with van der Waals surface area (Å²) in [6.07, 6.45) is -3.17. The highest BCUT2D eigenvalue weighted by molar-refractivity contribution is 5.47. The molecule has 0 spiro atoms. The van der Waals surface area contributed by atoms with Gasteiger partial charge in [-0.15, -0.1) is 0 Å². The van der Waals surface area contributed by atoms with Gasteiger partial charge in [0.05, 0.1) is 5.56 Å². The largest absolute Gasteiger partial charge is 0.462 e. The van der Waals surface area contributed by atoms with E-state index >= 15 is 0 Å². The molecular weight excluding hydrogens is 221 g/mol. The molecule has 1 aliphatic heterocycles. The lowest BCUT2D eigenvalue weighted by atomic mass is 9.99. The molecule has 2 rings (SSSR count). The van der Waals surface area contributed by atoms with Gasteiger partial charge in [0.1, 0.15) is 17.7 Å². The van der Waals surface area contributed by atoms with Crippen LogP contribution in [0, 0.1) is 5.82 Å². The Labute approximate surface area is 89.3 Å². The summed E-state index contributed by atoms with van der Waals surface area (Å²) in [6, 6.07) is 2.05. The van der Waals surface area contributed by atoms with E-state index in [1.54, 1.807) is 0 Å². The Balaban J connectivity index is 2.67. The third kappa shape index (κ3) is 1.55. The zero-order chi connectivity index (χ0) is 12.1. The minimum Gasteiger partial charge on any atom is -0.462 e. The van der Waals surface area contributed by atoms with Crippen LogP contribution < -0.4 is 10.5 Å². The van der Waals surface area contributed by atoms with Crippen LogP contribution in [0.5, 0.6) is 5.75 Å². The maximum atomic E-state index is 13.4. The number of benzene rings is 1. The number of hydrogen-bond acceptors (Lipinski definition) is 6. The highest BCUT2D eigenvalue weighted by Gasteiger charge is 2.40. The van der Waals surface area contributed by atoms with Crippen LogP contribution in [0.25, 0.3) is 0 Å². The molecule has 0 bridgehead atoms. The average molecular weight is 231 g/mol. The van der Waals surface area contributed by atoms with Gasteiger partial charge in [-0.2, -0.15) is 0 Å². The molecule has 0 amide bonds. The first-order valence-electron chi connectivity index (χ1n) is 4.41. The number of halogens is 1. The van der Waals surface area contributed by atoms with E-state index in [2.05, 4.69) is 0 Å². The van der Waals surface area contributed by atoms with Gasteiger partial charge in [0.2, 0.25) is 6.29 Å². The highest BCUT2D eigenvalue weighted by Crippen LogP contribution is 2.41. The van der Waals surface area contributed by atoms with E-state index in [0.29, 0.717) is 0 Å². The quantitative estimate of drug-likeness (QED) is 0.380. The van der Waals surface area contributed by atoms with Crippen LogP contribution in [0.4, 0.5) is 4.39 Å². The Bertz CT molecular complexity index is 431. The SMILES string of the molecule is NC(O)(O)c1c(F)ccc2c1C(O)C(O)O2.